The van der Waals surface area contributed by atoms with Gasteiger partial charge in [0.05, 0.1) is 25.8 Å². The number of nitrogens with zero attached hydrogens (tertiary/aromatic N) is 1. The molecule has 28 heavy (non-hydrogen) atoms. The van der Waals surface area contributed by atoms with Crippen molar-refractivity contribution in [2.75, 3.05) is 14.2 Å². The molecule has 2 unspecified atom stereocenters. The Kier molecular flexibility index (Phi) is 4.38. The van der Waals surface area contributed by atoms with Crippen molar-refractivity contribution in [2.45, 2.75) is 12.3 Å². The van der Waals surface area contributed by atoms with Gasteiger partial charge in [-0.25, -0.2) is 4.79 Å². The Morgan fingerprint density at radius 1 is 0.929 bits per heavy atom. The molecule has 2 aromatic carbocycles. The summed E-state index contributed by atoms with van der Waals surface area (Å²) in [6.07, 6.45) is -1.60. The van der Waals surface area contributed by atoms with Gasteiger partial charge in [-0.2, -0.15) is 0 Å². The Morgan fingerprint density at radius 2 is 1.50 bits per heavy atom. The summed E-state index contributed by atoms with van der Waals surface area (Å²) in [5.41, 5.74) is 1.09. The molecular formula is C20H17NO7. The SMILES string of the molecule is COC(=O)C(C(=O)OC)C1c2ccccc2OC2c3ccccc3OC(=O)N21. The quantitative estimate of drug-likeness (QED) is 0.594. The zero-order valence-electron chi connectivity index (χ0n) is 15.2. The van der Waals surface area contributed by atoms with Crippen LogP contribution in [0.5, 0.6) is 11.5 Å². The molecule has 2 heterocycles. The monoisotopic (exact) mass is 383 g/mol. The van der Waals surface area contributed by atoms with Crippen LogP contribution in [0.4, 0.5) is 4.79 Å². The molecule has 0 fully saturated rings. The second-order valence-electron chi connectivity index (χ2n) is 6.29. The zero-order chi connectivity index (χ0) is 19.8. The lowest BCUT2D eigenvalue weighted by atomic mass is 9.88. The number of rotatable bonds is 3. The first-order valence-corrected chi connectivity index (χ1v) is 8.57. The maximum absolute atomic E-state index is 12.9. The van der Waals surface area contributed by atoms with Crippen LogP contribution in [0.1, 0.15) is 23.4 Å². The number of methoxy groups -OCH3 is 2. The van der Waals surface area contributed by atoms with Crippen LogP contribution in [0.3, 0.4) is 0 Å². The van der Waals surface area contributed by atoms with Gasteiger partial charge < -0.3 is 18.9 Å². The smallest absolute Gasteiger partial charge is 0.419 e. The summed E-state index contributed by atoms with van der Waals surface area (Å²) in [5, 5.41) is 0. The Balaban J connectivity index is 1.92. The molecule has 4 rings (SSSR count). The van der Waals surface area contributed by atoms with Gasteiger partial charge in [-0.1, -0.05) is 30.3 Å². The molecule has 2 aliphatic heterocycles. The zero-order valence-corrected chi connectivity index (χ0v) is 15.2. The Morgan fingerprint density at radius 3 is 2.14 bits per heavy atom. The topological polar surface area (TPSA) is 91.4 Å². The van der Waals surface area contributed by atoms with Gasteiger partial charge in [-0.05, 0) is 18.2 Å². The molecule has 2 atom stereocenters. The van der Waals surface area contributed by atoms with Crippen molar-refractivity contribution >= 4 is 18.0 Å². The number of esters is 2. The average Bonchev–Trinajstić information content (AvgIpc) is 2.73. The highest BCUT2D eigenvalue weighted by atomic mass is 16.6. The summed E-state index contributed by atoms with van der Waals surface area (Å²) >= 11 is 0. The van der Waals surface area contributed by atoms with Gasteiger partial charge in [-0.3, -0.25) is 14.5 Å². The molecule has 1 amide bonds. The van der Waals surface area contributed by atoms with Gasteiger partial charge in [0, 0.05) is 5.56 Å². The van der Waals surface area contributed by atoms with E-state index in [0.29, 0.717) is 22.6 Å². The van der Waals surface area contributed by atoms with Crippen LogP contribution in [-0.2, 0) is 19.1 Å². The predicted molar refractivity (Wildman–Crippen MR) is 94.4 cm³/mol. The third-order valence-corrected chi connectivity index (χ3v) is 4.85. The molecule has 0 N–H and O–H groups in total. The number of para-hydroxylation sites is 2. The highest BCUT2D eigenvalue weighted by Crippen LogP contribution is 2.49. The van der Waals surface area contributed by atoms with Crippen LogP contribution in [0.2, 0.25) is 0 Å². The van der Waals surface area contributed by atoms with E-state index < -0.39 is 36.2 Å². The summed E-state index contributed by atoms with van der Waals surface area (Å²) in [6.45, 7) is 0. The Bertz CT molecular complexity index is 941. The minimum atomic E-state index is -1.40. The van der Waals surface area contributed by atoms with Crippen molar-refractivity contribution < 1.29 is 33.3 Å². The fourth-order valence-corrected chi connectivity index (χ4v) is 3.60. The first-order chi connectivity index (χ1) is 13.6. The van der Waals surface area contributed by atoms with E-state index in [1.54, 1.807) is 48.5 Å². The van der Waals surface area contributed by atoms with Crippen molar-refractivity contribution in [3.8, 4) is 11.5 Å². The minimum Gasteiger partial charge on any atom is -0.468 e. The Hall–Kier alpha value is -3.55. The molecule has 0 bridgehead atoms. The molecule has 0 radical (unpaired) electrons. The maximum Gasteiger partial charge on any atom is 0.419 e. The van der Waals surface area contributed by atoms with E-state index in [2.05, 4.69) is 0 Å². The number of carbonyl (C=O) groups excluding carboxylic acids is 3. The number of hydrogen-bond acceptors (Lipinski definition) is 7. The number of benzene rings is 2. The highest BCUT2D eigenvalue weighted by Gasteiger charge is 2.52. The maximum atomic E-state index is 12.9. The van der Waals surface area contributed by atoms with Crippen LogP contribution in [-0.4, -0.2) is 37.2 Å². The van der Waals surface area contributed by atoms with E-state index in [-0.39, 0.29) is 0 Å². The lowest BCUT2D eigenvalue weighted by molar-refractivity contribution is -0.165. The standard InChI is InChI=1S/C20H17NO7/c1-25-18(22)15(19(23)26-2)16-11-7-3-5-9-13(11)27-17-12-8-4-6-10-14(12)28-20(24)21(16)17/h3-10,15-17H,1-2H3. The van der Waals surface area contributed by atoms with E-state index in [4.69, 9.17) is 18.9 Å². The first kappa shape index (κ1) is 17.8. The summed E-state index contributed by atoms with van der Waals surface area (Å²) in [7, 11) is 2.34. The lowest BCUT2D eigenvalue weighted by Crippen LogP contribution is -2.52. The lowest BCUT2D eigenvalue weighted by Gasteiger charge is -2.45. The molecule has 2 aromatic rings. The molecule has 8 heteroatoms. The van der Waals surface area contributed by atoms with Crippen LogP contribution in [0, 0.1) is 5.92 Å². The fraction of sp³-hybridized carbons (Fsp3) is 0.250. The molecule has 0 aliphatic carbocycles. The largest absolute Gasteiger partial charge is 0.468 e. The molecular weight excluding hydrogens is 366 g/mol. The summed E-state index contributed by atoms with van der Waals surface area (Å²) in [6, 6.07) is 12.8. The highest BCUT2D eigenvalue weighted by molar-refractivity contribution is 5.96. The number of ether oxygens (including phenoxy) is 4. The molecule has 2 aliphatic rings. The second kappa shape index (κ2) is 6.88. The van der Waals surface area contributed by atoms with E-state index in [1.807, 2.05) is 0 Å². The second-order valence-corrected chi connectivity index (χ2v) is 6.29. The molecule has 0 spiro atoms. The molecule has 0 aromatic heterocycles. The number of fused-ring (bicyclic) bond motifs is 4. The van der Waals surface area contributed by atoms with E-state index in [0.717, 1.165) is 0 Å². The summed E-state index contributed by atoms with van der Waals surface area (Å²) in [5.74, 6) is -2.23. The van der Waals surface area contributed by atoms with E-state index in [1.165, 1.54) is 19.1 Å². The van der Waals surface area contributed by atoms with Crippen LogP contribution in [0.15, 0.2) is 48.5 Å². The molecule has 0 saturated carbocycles. The minimum absolute atomic E-state index is 0.361. The van der Waals surface area contributed by atoms with Crippen molar-refractivity contribution in [3.05, 3.63) is 59.7 Å². The normalized spacial score (nSPS) is 19.5. The fourth-order valence-electron chi connectivity index (χ4n) is 3.60. The number of amides is 1. The van der Waals surface area contributed by atoms with Gasteiger partial charge in [0.1, 0.15) is 11.5 Å². The third kappa shape index (κ3) is 2.65. The van der Waals surface area contributed by atoms with Crippen molar-refractivity contribution in [1.82, 2.24) is 4.90 Å². The van der Waals surface area contributed by atoms with Crippen LogP contribution < -0.4 is 9.47 Å². The van der Waals surface area contributed by atoms with Gasteiger partial charge in [0.2, 0.25) is 6.23 Å². The molecule has 8 nitrogen and oxygen atoms in total. The van der Waals surface area contributed by atoms with Gasteiger partial charge in [0.15, 0.2) is 5.92 Å². The number of hydrogen-bond donors (Lipinski definition) is 0. The van der Waals surface area contributed by atoms with Crippen LogP contribution in [0.25, 0.3) is 0 Å². The predicted octanol–water partition coefficient (Wildman–Crippen LogP) is 2.60. The van der Waals surface area contributed by atoms with Gasteiger partial charge >= 0.3 is 18.0 Å². The van der Waals surface area contributed by atoms with E-state index in [9.17, 15) is 14.4 Å². The number of carbonyl (C=O) groups is 3. The van der Waals surface area contributed by atoms with Crippen LogP contribution >= 0.6 is 0 Å². The van der Waals surface area contributed by atoms with Crippen molar-refractivity contribution in [2.24, 2.45) is 5.92 Å². The van der Waals surface area contributed by atoms with Gasteiger partial charge in [-0.15, -0.1) is 0 Å². The molecule has 0 saturated heterocycles. The third-order valence-electron chi connectivity index (χ3n) is 4.85. The average molecular weight is 383 g/mol. The summed E-state index contributed by atoms with van der Waals surface area (Å²) in [4.78, 5) is 39.1. The first-order valence-electron chi connectivity index (χ1n) is 8.57. The molecule has 144 valence electrons. The van der Waals surface area contributed by atoms with Crippen molar-refractivity contribution in [3.63, 3.8) is 0 Å². The van der Waals surface area contributed by atoms with Gasteiger partial charge in [0.25, 0.3) is 0 Å². The van der Waals surface area contributed by atoms with Crippen molar-refractivity contribution in [1.29, 1.82) is 0 Å². The summed E-state index contributed by atoms with van der Waals surface area (Å²) < 4.78 is 21.1. The Labute approximate surface area is 160 Å². The van der Waals surface area contributed by atoms with E-state index >= 15 is 0 Å².